The molecule has 2 aromatic heterocycles. The molecule has 0 aromatic carbocycles. The van der Waals surface area contributed by atoms with E-state index in [1.807, 2.05) is 0 Å². The van der Waals surface area contributed by atoms with E-state index in [4.69, 9.17) is 11.6 Å². The summed E-state index contributed by atoms with van der Waals surface area (Å²) in [5, 5.41) is 10.4. The highest BCUT2D eigenvalue weighted by Gasteiger charge is 2.22. The fourth-order valence-electron chi connectivity index (χ4n) is 1.02. The lowest BCUT2D eigenvalue weighted by Crippen LogP contribution is -2.10. The van der Waals surface area contributed by atoms with E-state index in [9.17, 15) is 18.5 Å². The summed E-state index contributed by atoms with van der Waals surface area (Å²) in [7, 11) is -3.85. The molecule has 0 aliphatic carbocycles. The lowest BCUT2D eigenvalue weighted by atomic mass is 10.7. The number of nitro groups is 1. The first kappa shape index (κ1) is 14.7. The van der Waals surface area contributed by atoms with Crippen molar-refractivity contribution in [3.8, 4) is 0 Å². The number of thiazole rings is 1. The molecule has 0 atom stereocenters. The molecule has 0 bridgehead atoms. The highest BCUT2D eigenvalue weighted by molar-refractivity contribution is 9.11. The lowest BCUT2D eigenvalue weighted by Gasteiger charge is -2.00. The fraction of sp³-hybridized carbons (Fsp3) is 0. The Balaban J connectivity index is 2.28. The first-order chi connectivity index (χ1) is 8.79. The van der Waals surface area contributed by atoms with Crippen LogP contribution >= 0.6 is 50.2 Å². The van der Waals surface area contributed by atoms with Crippen LogP contribution in [0.25, 0.3) is 0 Å². The summed E-state index contributed by atoms with van der Waals surface area (Å²) >= 11 is 10.4. The molecule has 0 unspecified atom stereocenters. The third kappa shape index (κ3) is 3.23. The number of halogens is 2. The molecule has 1 N–H and O–H groups in total. The average molecular weight is 405 g/mol. The molecule has 0 saturated heterocycles. The molecule has 7 nitrogen and oxygen atoms in total. The van der Waals surface area contributed by atoms with E-state index < -0.39 is 14.9 Å². The average Bonchev–Trinajstić information content (AvgIpc) is 2.87. The molecule has 12 heteroatoms. The van der Waals surface area contributed by atoms with E-state index in [0.717, 1.165) is 17.5 Å². The second-order valence-corrected chi connectivity index (χ2v) is 8.75. The summed E-state index contributed by atoms with van der Waals surface area (Å²) in [5.74, 6) is 0. The van der Waals surface area contributed by atoms with Crippen LogP contribution in [-0.2, 0) is 10.0 Å². The van der Waals surface area contributed by atoms with Crippen LogP contribution in [0.1, 0.15) is 0 Å². The largest absolute Gasteiger partial charge is 0.345 e. The molecule has 2 heterocycles. The van der Waals surface area contributed by atoms with Crippen molar-refractivity contribution in [2.24, 2.45) is 0 Å². The number of thiophene rings is 1. The second kappa shape index (κ2) is 5.32. The van der Waals surface area contributed by atoms with E-state index in [0.29, 0.717) is 15.1 Å². The van der Waals surface area contributed by atoms with Crippen molar-refractivity contribution in [1.82, 2.24) is 4.98 Å². The minimum Gasteiger partial charge on any atom is -0.257 e. The normalized spacial score (nSPS) is 11.5. The van der Waals surface area contributed by atoms with Crippen LogP contribution in [0.2, 0.25) is 5.02 Å². The van der Waals surface area contributed by atoms with Crippen molar-refractivity contribution >= 4 is 70.4 Å². The Hall–Kier alpha value is -0.750. The van der Waals surface area contributed by atoms with Crippen molar-refractivity contribution in [2.75, 3.05) is 4.72 Å². The second-order valence-electron chi connectivity index (χ2n) is 3.05. The van der Waals surface area contributed by atoms with Crippen molar-refractivity contribution in [1.29, 1.82) is 0 Å². The van der Waals surface area contributed by atoms with Gasteiger partial charge in [0.25, 0.3) is 10.0 Å². The van der Waals surface area contributed by atoms with Gasteiger partial charge in [0.15, 0.2) is 0 Å². The smallest absolute Gasteiger partial charge is 0.257 e. The molecular formula is C7H3BrClN3O4S3. The maximum Gasteiger partial charge on any atom is 0.345 e. The van der Waals surface area contributed by atoms with Crippen LogP contribution in [0.15, 0.2) is 20.3 Å². The molecule has 0 fully saturated rings. The molecule has 0 saturated carbocycles. The van der Waals surface area contributed by atoms with Gasteiger partial charge in [-0.1, -0.05) is 11.6 Å². The molecule has 2 rings (SSSR count). The zero-order valence-corrected chi connectivity index (χ0v) is 13.5. The Morgan fingerprint density at radius 2 is 2.16 bits per heavy atom. The van der Waals surface area contributed by atoms with Crippen LogP contribution in [0.3, 0.4) is 0 Å². The Labute approximate surface area is 128 Å². The van der Waals surface area contributed by atoms with Crippen LogP contribution in [0.4, 0.5) is 10.1 Å². The number of nitrogens with zero attached hydrogens (tertiary/aromatic N) is 2. The quantitative estimate of drug-likeness (QED) is 0.622. The third-order valence-electron chi connectivity index (χ3n) is 1.78. The Morgan fingerprint density at radius 3 is 2.63 bits per heavy atom. The number of hydrogen-bond acceptors (Lipinski definition) is 7. The van der Waals surface area contributed by atoms with E-state index >= 15 is 0 Å². The SMILES string of the molecule is O=[N+]([O-])c1cnc(NS(=O)(=O)c2cc(Cl)c(Br)s2)s1. The monoisotopic (exact) mass is 403 g/mol. The number of anilines is 1. The fourth-order valence-corrected chi connectivity index (χ4v) is 5.29. The summed E-state index contributed by atoms with van der Waals surface area (Å²) in [6.07, 6.45) is 0.986. The Kier molecular flexibility index (Phi) is 4.11. The van der Waals surface area contributed by atoms with Gasteiger partial charge in [-0.2, -0.15) is 0 Å². The van der Waals surface area contributed by atoms with Crippen LogP contribution in [0, 0.1) is 10.1 Å². The third-order valence-corrected chi connectivity index (χ3v) is 7.06. The predicted octanol–water partition coefficient (Wildman–Crippen LogP) is 3.33. The highest BCUT2D eigenvalue weighted by atomic mass is 79.9. The number of sulfonamides is 1. The number of nitrogens with one attached hydrogen (secondary N) is 1. The molecule has 2 aromatic rings. The zero-order chi connectivity index (χ0) is 14.2. The van der Waals surface area contributed by atoms with E-state index in [2.05, 4.69) is 25.6 Å². The van der Waals surface area contributed by atoms with Gasteiger partial charge in [0.2, 0.25) is 5.13 Å². The van der Waals surface area contributed by atoms with Crippen molar-refractivity contribution in [2.45, 2.75) is 4.21 Å². The minimum absolute atomic E-state index is 0.0118. The van der Waals surface area contributed by atoms with Crippen molar-refractivity contribution in [3.05, 3.63) is 31.2 Å². The number of rotatable bonds is 4. The van der Waals surface area contributed by atoms with Gasteiger partial charge in [-0.25, -0.2) is 13.4 Å². The number of hydrogen-bond donors (Lipinski definition) is 1. The Morgan fingerprint density at radius 1 is 1.47 bits per heavy atom. The molecule has 0 spiro atoms. The van der Waals surface area contributed by atoms with Crippen molar-refractivity contribution in [3.63, 3.8) is 0 Å². The lowest BCUT2D eigenvalue weighted by molar-refractivity contribution is -0.380. The van der Waals surface area contributed by atoms with Gasteiger partial charge < -0.3 is 0 Å². The molecular weight excluding hydrogens is 402 g/mol. The highest BCUT2D eigenvalue weighted by Crippen LogP contribution is 2.36. The summed E-state index contributed by atoms with van der Waals surface area (Å²) in [5.41, 5.74) is 0. The van der Waals surface area contributed by atoms with Gasteiger partial charge in [-0.15, -0.1) is 11.3 Å². The van der Waals surface area contributed by atoms with Gasteiger partial charge in [0.05, 0.1) is 13.7 Å². The molecule has 0 radical (unpaired) electrons. The molecule has 0 aliphatic rings. The summed E-state index contributed by atoms with van der Waals surface area (Å²) in [6.45, 7) is 0. The van der Waals surface area contributed by atoms with Gasteiger partial charge in [0, 0.05) is 0 Å². The predicted molar refractivity (Wildman–Crippen MR) is 76.6 cm³/mol. The molecule has 0 amide bonds. The first-order valence-corrected chi connectivity index (χ1v) is 8.66. The van der Waals surface area contributed by atoms with Gasteiger partial charge >= 0.3 is 5.00 Å². The Bertz CT molecular complexity index is 721. The first-order valence-electron chi connectivity index (χ1n) is 4.37. The van der Waals surface area contributed by atoms with Gasteiger partial charge in [-0.3, -0.25) is 14.8 Å². The molecule has 0 aliphatic heterocycles. The summed E-state index contributed by atoms with van der Waals surface area (Å²) in [6, 6.07) is 1.28. The van der Waals surface area contributed by atoms with Crippen LogP contribution < -0.4 is 4.72 Å². The van der Waals surface area contributed by atoms with E-state index in [-0.39, 0.29) is 19.4 Å². The van der Waals surface area contributed by atoms with E-state index in [1.165, 1.54) is 6.07 Å². The minimum atomic E-state index is -3.85. The summed E-state index contributed by atoms with van der Waals surface area (Å²) in [4.78, 5) is 13.5. The van der Waals surface area contributed by atoms with Gasteiger partial charge in [-0.05, 0) is 33.3 Å². The molecule has 19 heavy (non-hydrogen) atoms. The van der Waals surface area contributed by atoms with E-state index in [1.54, 1.807) is 0 Å². The standard InChI is InChI=1S/C7H3BrClN3O4S3/c8-6-3(9)1-5(18-6)19(15,16)11-7-10-2-4(17-7)12(13)14/h1-2H,(H,10,11). The zero-order valence-electron chi connectivity index (χ0n) is 8.66. The summed E-state index contributed by atoms with van der Waals surface area (Å²) < 4.78 is 26.6. The topological polar surface area (TPSA) is 102 Å². The van der Waals surface area contributed by atoms with Gasteiger partial charge in [0.1, 0.15) is 10.4 Å². The van der Waals surface area contributed by atoms with Crippen LogP contribution in [-0.4, -0.2) is 18.3 Å². The van der Waals surface area contributed by atoms with Crippen LogP contribution in [0.5, 0.6) is 0 Å². The maximum absolute atomic E-state index is 12.0. The maximum atomic E-state index is 12.0. The number of aromatic nitrogens is 1. The van der Waals surface area contributed by atoms with Crippen molar-refractivity contribution < 1.29 is 13.3 Å². The molecule has 102 valence electrons.